The van der Waals surface area contributed by atoms with Crippen LogP contribution in [0.2, 0.25) is 0 Å². The number of benzene rings is 1. The van der Waals surface area contributed by atoms with Crippen LogP contribution in [0, 0.1) is 5.92 Å². The van der Waals surface area contributed by atoms with E-state index in [4.69, 9.17) is 4.74 Å². The van der Waals surface area contributed by atoms with Gasteiger partial charge in [0.2, 0.25) is 10.0 Å². The van der Waals surface area contributed by atoms with E-state index in [1.165, 1.54) is 11.8 Å². The van der Waals surface area contributed by atoms with E-state index in [1.807, 2.05) is 28.9 Å². The number of nitrogens with one attached hydrogen (secondary N) is 1. The number of pyridine rings is 1. The number of anilines is 1. The Morgan fingerprint density at radius 2 is 1.79 bits per heavy atom. The molecule has 1 saturated carbocycles. The van der Waals surface area contributed by atoms with Gasteiger partial charge in [0.25, 0.3) is 0 Å². The van der Waals surface area contributed by atoms with Gasteiger partial charge in [-0.05, 0) is 61.8 Å². The van der Waals surface area contributed by atoms with Crippen LogP contribution in [-0.2, 0) is 14.8 Å². The third-order valence-corrected chi connectivity index (χ3v) is 8.05. The Labute approximate surface area is 202 Å². The summed E-state index contributed by atoms with van der Waals surface area (Å²) in [6, 6.07) is 18.8. The third kappa shape index (κ3) is 5.45. The van der Waals surface area contributed by atoms with Crippen LogP contribution in [-0.4, -0.2) is 56.1 Å². The van der Waals surface area contributed by atoms with Gasteiger partial charge in [-0.2, -0.15) is 5.10 Å². The molecule has 2 aliphatic rings. The monoisotopic (exact) mass is 482 g/mol. The van der Waals surface area contributed by atoms with Crippen LogP contribution in [0.4, 0.5) is 5.82 Å². The average molecular weight is 483 g/mol. The molecular formula is C26H34N4O3S. The van der Waals surface area contributed by atoms with Crippen molar-refractivity contribution in [3.63, 3.8) is 0 Å². The number of hydrogen-bond acceptors (Lipinski definition) is 5. The first-order valence-electron chi connectivity index (χ1n) is 12.3. The van der Waals surface area contributed by atoms with E-state index in [2.05, 4.69) is 51.1 Å². The van der Waals surface area contributed by atoms with Crippen LogP contribution in [0.15, 0.2) is 60.8 Å². The van der Waals surface area contributed by atoms with Crippen LogP contribution in [0.1, 0.15) is 43.6 Å². The molecule has 182 valence electrons. The molecule has 5 rings (SSSR count). The van der Waals surface area contributed by atoms with Crippen molar-refractivity contribution < 1.29 is 13.2 Å². The van der Waals surface area contributed by atoms with Crippen LogP contribution in [0.5, 0.6) is 0 Å². The van der Waals surface area contributed by atoms with Crippen LogP contribution >= 0.6 is 0 Å². The standard InChI is InChI=1S/C26H34N4O3S/c1-34(31,32)28-25-15-17-29(26-9-5-8-23-14-16-27-30(23)26)18-22(25)19-33-24-12-10-21(11-13-24)20-6-3-2-4-7-20/h2-9,14,16,21-22,24-25,28H,10-13,15,17-19H2,1H3. The molecule has 2 aromatic heterocycles. The fourth-order valence-corrected chi connectivity index (χ4v) is 6.42. The van der Waals surface area contributed by atoms with E-state index >= 15 is 0 Å². The van der Waals surface area contributed by atoms with Crippen molar-refractivity contribution in [3.8, 4) is 0 Å². The van der Waals surface area contributed by atoms with Crippen LogP contribution in [0.25, 0.3) is 5.52 Å². The smallest absolute Gasteiger partial charge is 0.208 e. The molecule has 1 aromatic carbocycles. The first kappa shape index (κ1) is 23.3. The van der Waals surface area contributed by atoms with Crippen LogP contribution < -0.4 is 9.62 Å². The molecule has 2 unspecified atom stereocenters. The number of hydrogen-bond donors (Lipinski definition) is 1. The zero-order valence-corrected chi connectivity index (χ0v) is 20.5. The predicted molar refractivity (Wildman–Crippen MR) is 135 cm³/mol. The highest BCUT2D eigenvalue weighted by molar-refractivity contribution is 7.88. The van der Waals surface area contributed by atoms with Gasteiger partial charge < -0.3 is 9.64 Å². The molecule has 7 nitrogen and oxygen atoms in total. The van der Waals surface area contributed by atoms with Crippen molar-refractivity contribution in [2.24, 2.45) is 5.92 Å². The Balaban J connectivity index is 1.24. The number of rotatable bonds is 7. The average Bonchev–Trinajstić information content (AvgIpc) is 3.33. The maximum Gasteiger partial charge on any atom is 0.208 e. The van der Waals surface area contributed by atoms with Crippen molar-refractivity contribution in [2.45, 2.75) is 50.2 Å². The first-order chi connectivity index (χ1) is 16.5. The predicted octanol–water partition coefficient (Wildman–Crippen LogP) is 3.82. The molecular weight excluding hydrogens is 448 g/mol. The molecule has 0 amide bonds. The zero-order valence-electron chi connectivity index (χ0n) is 19.7. The molecule has 3 aromatic rings. The minimum Gasteiger partial charge on any atom is -0.378 e. The lowest BCUT2D eigenvalue weighted by Crippen LogP contribution is -2.53. The molecule has 8 heteroatoms. The summed E-state index contributed by atoms with van der Waals surface area (Å²) in [7, 11) is -3.29. The Bertz CT molecular complexity index is 1190. The molecule has 34 heavy (non-hydrogen) atoms. The number of piperidine rings is 1. The summed E-state index contributed by atoms with van der Waals surface area (Å²) in [5.41, 5.74) is 2.48. The molecule has 0 spiro atoms. The van der Waals surface area contributed by atoms with Crippen molar-refractivity contribution >= 4 is 21.4 Å². The molecule has 1 aliphatic heterocycles. The minimum atomic E-state index is -3.29. The Hall–Kier alpha value is -2.42. The number of aromatic nitrogens is 2. The molecule has 0 radical (unpaired) electrons. The summed E-state index contributed by atoms with van der Waals surface area (Å²) in [5.74, 6) is 1.72. The van der Waals surface area contributed by atoms with Gasteiger partial charge in [0.05, 0.1) is 30.7 Å². The topological polar surface area (TPSA) is 75.9 Å². The van der Waals surface area contributed by atoms with Gasteiger partial charge in [-0.25, -0.2) is 17.7 Å². The van der Waals surface area contributed by atoms with Gasteiger partial charge in [0.15, 0.2) is 0 Å². The molecule has 0 bridgehead atoms. The molecule has 1 aliphatic carbocycles. The van der Waals surface area contributed by atoms with E-state index in [1.54, 1.807) is 0 Å². The largest absolute Gasteiger partial charge is 0.378 e. The number of sulfonamides is 1. The second kappa shape index (κ2) is 10.1. The number of fused-ring (bicyclic) bond motifs is 1. The highest BCUT2D eigenvalue weighted by Gasteiger charge is 2.33. The first-order valence-corrected chi connectivity index (χ1v) is 14.2. The van der Waals surface area contributed by atoms with Crippen molar-refractivity contribution in [2.75, 3.05) is 30.9 Å². The van der Waals surface area contributed by atoms with Gasteiger partial charge in [0.1, 0.15) is 5.82 Å². The molecule has 3 heterocycles. The number of nitrogens with zero attached hydrogens (tertiary/aromatic N) is 3. The SMILES string of the molecule is CS(=O)(=O)NC1CCN(c2cccc3ccnn23)CC1COC1CCC(c2ccccc2)CC1. The molecule has 2 atom stereocenters. The Morgan fingerprint density at radius 3 is 2.56 bits per heavy atom. The summed E-state index contributed by atoms with van der Waals surface area (Å²) in [5, 5.41) is 4.48. The quantitative estimate of drug-likeness (QED) is 0.554. The molecule has 1 N–H and O–H groups in total. The fourth-order valence-electron chi connectivity index (χ4n) is 5.56. The van der Waals surface area contributed by atoms with E-state index in [-0.39, 0.29) is 18.1 Å². The van der Waals surface area contributed by atoms with E-state index in [0.717, 1.165) is 56.5 Å². The minimum absolute atomic E-state index is 0.0705. The fraction of sp³-hybridized carbons (Fsp3) is 0.500. The van der Waals surface area contributed by atoms with E-state index in [9.17, 15) is 8.42 Å². The van der Waals surface area contributed by atoms with Gasteiger partial charge >= 0.3 is 0 Å². The summed E-state index contributed by atoms with van der Waals surface area (Å²) in [4.78, 5) is 2.31. The van der Waals surface area contributed by atoms with Gasteiger partial charge in [-0.15, -0.1) is 0 Å². The van der Waals surface area contributed by atoms with Crippen molar-refractivity contribution in [1.29, 1.82) is 0 Å². The van der Waals surface area contributed by atoms with Gasteiger partial charge in [-0.1, -0.05) is 36.4 Å². The maximum absolute atomic E-state index is 12.0. The van der Waals surface area contributed by atoms with E-state index < -0.39 is 10.0 Å². The molecule has 1 saturated heterocycles. The Morgan fingerprint density at radius 1 is 1.00 bits per heavy atom. The van der Waals surface area contributed by atoms with Crippen molar-refractivity contribution in [1.82, 2.24) is 14.3 Å². The third-order valence-electron chi connectivity index (χ3n) is 7.32. The highest BCUT2D eigenvalue weighted by Crippen LogP contribution is 2.34. The Kier molecular flexibility index (Phi) is 6.90. The van der Waals surface area contributed by atoms with Gasteiger partial charge in [-0.3, -0.25) is 0 Å². The van der Waals surface area contributed by atoms with Gasteiger partial charge in [0, 0.05) is 25.0 Å². The number of ether oxygens (including phenoxy) is 1. The van der Waals surface area contributed by atoms with Crippen LogP contribution in [0.3, 0.4) is 0 Å². The summed E-state index contributed by atoms with van der Waals surface area (Å²) >= 11 is 0. The lowest BCUT2D eigenvalue weighted by atomic mass is 9.82. The van der Waals surface area contributed by atoms with E-state index in [0.29, 0.717) is 12.5 Å². The zero-order chi connectivity index (χ0) is 23.5. The second-order valence-electron chi connectivity index (χ2n) is 9.76. The summed E-state index contributed by atoms with van der Waals surface area (Å²) in [6.07, 6.45) is 8.40. The normalized spacial score (nSPS) is 26.1. The molecule has 2 fully saturated rings. The summed E-state index contributed by atoms with van der Waals surface area (Å²) < 4.78 is 35.3. The lowest BCUT2D eigenvalue weighted by molar-refractivity contribution is -0.00215. The lowest BCUT2D eigenvalue weighted by Gasteiger charge is -2.40. The second-order valence-corrected chi connectivity index (χ2v) is 11.5. The van der Waals surface area contributed by atoms with Crippen molar-refractivity contribution in [3.05, 3.63) is 66.4 Å². The summed E-state index contributed by atoms with van der Waals surface area (Å²) in [6.45, 7) is 2.05. The maximum atomic E-state index is 12.0. The highest BCUT2D eigenvalue weighted by atomic mass is 32.2.